The molecule has 2 rings (SSSR count). The molecule has 1 aromatic carbocycles. The number of hydrogen-bond acceptors (Lipinski definition) is 4. The molecule has 1 fully saturated rings. The van der Waals surface area contributed by atoms with Gasteiger partial charge in [0.2, 0.25) is 0 Å². The van der Waals surface area contributed by atoms with Gasteiger partial charge in [-0.3, -0.25) is 4.79 Å². The molecule has 0 spiro atoms. The largest absolute Gasteiger partial charge is 0.398 e. The number of ether oxygens (including phenoxy) is 1. The van der Waals surface area contributed by atoms with E-state index in [9.17, 15) is 9.90 Å². The molecule has 0 unspecified atom stereocenters. The zero-order chi connectivity index (χ0) is 14.8. The molecule has 110 valence electrons. The van der Waals surface area contributed by atoms with Crippen molar-refractivity contribution < 1.29 is 14.6 Å². The molecule has 3 N–H and O–H groups in total. The topological polar surface area (TPSA) is 75.8 Å². The molecule has 0 atom stereocenters. The first kappa shape index (κ1) is 15.3. The summed E-state index contributed by atoms with van der Waals surface area (Å²) in [6.45, 7) is 1.37. The highest BCUT2D eigenvalue weighted by atomic mass is 79.9. The number of rotatable bonds is 3. The van der Waals surface area contributed by atoms with E-state index >= 15 is 0 Å². The van der Waals surface area contributed by atoms with Gasteiger partial charge in [0.25, 0.3) is 5.91 Å². The molecule has 5 nitrogen and oxygen atoms in total. The van der Waals surface area contributed by atoms with Gasteiger partial charge < -0.3 is 20.5 Å². The maximum atomic E-state index is 12.3. The quantitative estimate of drug-likeness (QED) is 0.819. The van der Waals surface area contributed by atoms with E-state index in [0.717, 1.165) is 0 Å². The van der Waals surface area contributed by atoms with Gasteiger partial charge in [-0.2, -0.15) is 0 Å². The van der Waals surface area contributed by atoms with Crippen LogP contribution in [0.4, 0.5) is 5.69 Å². The Bertz CT molecular complexity index is 501. The van der Waals surface area contributed by atoms with Crippen LogP contribution >= 0.6 is 15.9 Å². The van der Waals surface area contributed by atoms with Crippen LogP contribution in [0.2, 0.25) is 0 Å². The molecular formula is C14H19BrN2O3. The third kappa shape index (κ3) is 3.50. The van der Waals surface area contributed by atoms with Gasteiger partial charge in [-0.25, -0.2) is 0 Å². The Balaban J connectivity index is 2.06. The summed E-state index contributed by atoms with van der Waals surface area (Å²) >= 11 is 3.31. The standard InChI is InChI=1S/C14H19BrN2O3/c1-17(9-14(19)4-6-20-7-5-14)13(18)10-2-3-12(16)11(15)8-10/h2-3,8,19H,4-7,9,16H2,1H3. The SMILES string of the molecule is CN(CC1(O)CCOCC1)C(=O)c1ccc(N)c(Br)c1. The number of hydrogen-bond donors (Lipinski definition) is 2. The Morgan fingerprint density at radius 1 is 1.50 bits per heavy atom. The fraction of sp³-hybridized carbons (Fsp3) is 0.500. The van der Waals surface area contributed by atoms with Crippen molar-refractivity contribution in [2.24, 2.45) is 0 Å². The second-order valence-corrected chi connectivity index (χ2v) is 6.09. The molecular weight excluding hydrogens is 324 g/mol. The zero-order valence-corrected chi connectivity index (χ0v) is 13.0. The van der Waals surface area contributed by atoms with Gasteiger partial charge in [-0.1, -0.05) is 0 Å². The Morgan fingerprint density at radius 3 is 2.75 bits per heavy atom. The van der Waals surface area contributed by atoms with Crippen LogP contribution in [0.3, 0.4) is 0 Å². The lowest BCUT2D eigenvalue weighted by Crippen LogP contribution is -2.47. The predicted molar refractivity (Wildman–Crippen MR) is 80.5 cm³/mol. The van der Waals surface area contributed by atoms with Gasteiger partial charge in [-0.05, 0) is 34.1 Å². The van der Waals surface area contributed by atoms with E-state index in [4.69, 9.17) is 10.5 Å². The number of benzene rings is 1. The van der Waals surface area contributed by atoms with Crippen molar-refractivity contribution >= 4 is 27.5 Å². The number of nitrogens with zero attached hydrogens (tertiary/aromatic N) is 1. The smallest absolute Gasteiger partial charge is 0.253 e. The van der Waals surface area contributed by atoms with Gasteiger partial charge in [0.1, 0.15) is 0 Å². The number of nitrogens with two attached hydrogens (primary N) is 1. The third-order valence-corrected chi connectivity index (χ3v) is 4.24. The van der Waals surface area contributed by atoms with E-state index in [1.807, 2.05) is 0 Å². The van der Waals surface area contributed by atoms with Gasteiger partial charge in [0, 0.05) is 55.4 Å². The summed E-state index contributed by atoms with van der Waals surface area (Å²) in [6.07, 6.45) is 1.10. The minimum absolute atomic E-state index is 0.134. The molecule has 1 saturated heterocycles. The second-order valence-electron chi connectivity index (χ2n) is 5.23. The number of anilines is 1. The summed E-state index contributed by atoms with van der Waals surface area (Å²) in [7, 11) is 1.69. The van der Waals surface area contributed by atoms with Crippen LogP contribution in [-0.4, -0.2) is 48.3 Å². The summed E-state index contributed by atoms with van der Waals surface area (Å²) in [5.74, 6) is -0.134. The summed E-state index contributed by atoms with van der Waals surface area (Å²) in [5.41, 5.74) is 5.99. The van der Waals surface area contributed by atoms with Gasteiger partial charge >= 0.3 is 0 Å². The lowest BCUT2D eigenvalue weighted by Gasteiger charge is -2.35. The van der Waals surface area contributed by atoms with Crippen molar-refractivity contribution in [2.45, 2.75) is 18.4 Å². The highest BCUT2D eigenvalue weighted by Gasteiger charge is 2.32. The van der Waals surface area contributed by atoms with Crippen LogP contribution in [0.1, 0.15) is 23.2 Å². The first-order valence-corrected chi connectivity index (χ1v) is 7.31. The minimum Gasteiger partial charge on any atom is -0.398 e. The monoisotopic (exact) mass is 342 g/mol. The first-order valence-electron chi connectivity index (χ1n) is 6.52. The zero-order valence-electron chi connectivity index (χ0n) is 11.4. The number of likely N-dealkylation sites (N-methyl/N-ethyl adjacent to an activating group) is 1. The number of nitrogen functional groups attached to an aromatic ring is 1. The predicted octanol–water partition coefficient (Wildman–Crippen LogP) is 1.64. The first-order chi connectivity index (χ1) is 9.41. The number of halogens is 1. The minimum atomic E-state index is -0.853. The number of aliphatic hydroxyl groups is 1. The van der Waals surface area contributed by atoms with Crippen molar-refractivity contribution in [3.8, 4) is 0 Å². The maximum absolute atomic E-state index is 12.3. The Labute approximate surface area is 126 Å². The van der Waals surface area contributed by atoms with Crippen molar-refractivity contribution in [2.75, 3.05) is 32.5 Å². The normalized spacial score (nSPS) is 17.8. The van der Waals surface area contributed by atoms with Crippen molar-refractivity contribution in [3.63, 3.8) is 0 Å². The fourth-order valence-electron chi connectivity index (χ4n) is 2.30. The lowest BCUT2D eigenvalue weighted by atomic mass is 9.93. The van der Waals surface area contributed by atoms with E-state index < -0.39 is 5.60 Å². The van der Waals surface area contributed by atoms with Crippen molar-refractivity contribution in [1.29, 1.82) is 0 Å². The molecule has 1 aliphatic heterocycles. The molecule has 20 heavy (non-hydrogen) atoms. The average Bonchev–Trinajstić information content (AvgIpc) is 2.41. The van der Waals surface area contributed by atoms with E-state index in [1.54, 1.807) is 30.1 Å². The molecule has 1 amide bonds. The molecule has 0 saturated carbocycles. The number of carbonyl (C=O) groups excluding carboxylic acids is 1. The molecule has 1 aliphatic rings. The van der Waals surface area contributed by atoms with E-state index in [2.05, 4.69) is 15.9 Å². The van der Waals surface area contributed by atoms with Crippen LogP contribution in [0, 0.1) is 0 Å². The van der Waals surface area contributed by atoms with Crippen LogP contribution in [0.5, 0.6) is 0 Å². The molecule has 0 aromatic heterocycles. The highest BCUT2D eigenvalue weighted by molar-refractivity contribution is 9.10. The van der Waals surface area contributed by atoms with Crippen LogP contribution in [0.25, 0.3) is 0 Å². The fourth-order valence-corrected chi connectivity index (χ4v) is 2.68. The highest BCUT2D eigenvalue weighted by Crippen LogP contribution is 2.24. The molecule has 0 radical (unpaired) electrons. The summed E-state index contributed by atoms with van der Waals surface area (Å²) in [5, 5.41) is 10.4. The van der Waals surface area contributed by atoms with Crippen LogP contribution < -0.4 is 5.73 Å². The van der Waals surface area contributed by atoms with Crippen LogP contribution in [-0.2, 0) is 4.74 Å². The van der Waals surface area contributed by atoms with E-state index in [1.165, 1.54) is 0 Å². The van der Waals surface area contributed by atoms with Gasteiger partial charge in [0.15, 0.2) is 0 Å². The maximum Gasteiger partial charge on any atom is 0.253 e. The Morgan fingerprint density at radius 2 is 2.15 bits per heavy atom. The van der Waals surface area contributed by atoms with Gasteiger partial charge in [-0.15, -0.1) is 0 Å². The van der Waals surface area contributed by atoms with Crippen LogP contribution in [0.15, 0.2) is 22.7 Å². The van der Waals surface area contributed by atoms with Crippen molar-refractivity contribution in [3.05, 3.63) is 28.2 Å². The number of amides is 1. The number of carbonyl (C=O) groups is 1. The second kappa shape index (κ2) is 6.11. The average molecular weight is 343 g/mol. The molecule has 1 heterocycles. The third-order valence-electron chi connectivity index (χ3n) is 3.55. The van der Waals surface area contributed by atoms with E-state index in [0.29, 0.717) is 48.3 Å². The summed E-state index contributed by atoms with van der Waals surface area (Å²) < 4.78 is 5.93. The Hall–Kier alpha value is -1.11. The summed E-state index contributed by atoms with van der Waals surface area (Å²) in [6, 6.07) is 5.07. The van der Waals surface area contributed by atoms with Crippen molar-refractivity contribution in [1.82, 2.24) is 4.90 Å². The summed E-state index contributed by atoms with van der Waals surface area (Å²) in [4.78, 5) is 13.9. The molecule has 1 aromatic rings. The Kier molecular flexibility index (Phi) is 4.67. The molecule has 0 bridgehead atoms. The molecule has 6 heteroatoms. The van der Waals surface area contributed by atoms with Gasteiger partial charge in [0.05, 0.1) is 5.60 Å². The molecule has 0 aliphatic carbocycles. The lowest BCUT2D eigenvalue weighted by molar-refractivity contribution is -0.0734. The van der Waals surface area contributed by atoms with E-state index in [-0.39, 0.29) is 5.91 Å².